The average Bonchev–Trinajstić information content (AvgIpc) is 2.46. The summed E-state index contributed by atoms with van der Waals surface area (Å²) >= 11 is 0. The van der Waals surface area contributed by atoms with E-state index < -0.39 is 0 Å². The fraction of sp³-hybridized carbons (Fsp3) is 0.938. The van der Waals surface area contributed by atoms with E-state index in [0.717, 1.165) is 44.6 Å². The van der Waals surface area contributed by atoms with Crippen LogP contribution in [0, 0.1) is 5.92 Å². The Balaban J connectivity index is 0.00000400. The first-order chi connectivity index (χ1) is 9.69. The van der Waals surface area contributed by atoms with Gasteiger partial charge in [0.25, 0.3) is 0 Å². The summed E-state index contributed by atoms with van der Waals surface area (Å²) in [6, 6.07) is 0.609. The Labute approximate surface area is 148 Å². The maximum absolute atomic E-state index is 4.72. The predicted octanol–water partition coefficient (Wildman–Crippen LogP) is 3.08. The molecule has 21 heavy (non-hydrogen) atoms. The van der Waals surface area contributed by atoms with Crippen molar-refractivity contribution in [3.05, 3.63) is 0 Å². The molecule has 0 saturated heterocycles. The molecule has 0 spiro atoms. The van der Waals surface area contributed by atoms with E-state index in [9.17, 15) is 0 Å². The third-order valence-corrected chi connectivity index (χ3v) is 4.28. The molecule has 5 heteroatoms. The van der Waals surface area contributed by atoms with E-state index in [2.05, 4.69) is 43.2 Å². The maximum atomic E-state index is 4.72. The molecule has 1 saturated carbocycles. The van der Waals surface area contributed by atoms with Crippen molar-refractivity contribution >= 4 is 29.9 Å². The van der Waals surface area contributed by atoms with Crippen LogP contribution in [0.4, 0.5) is 0 Å². The van der Waals surface area contributed by atoms with Crippen molar-refractivity contribution in [2.75, 3.05) is 32.7 Å². The first-order valence-corrected chi connectivity index (χ1v) is 8.46. The van der Waals surface area contributed by atoms with Crippen LogP contribution in [0.15, 0.2) is 4.99 Å². The second kappa shape index (κ2) is 12.5. The molecule has 4 nitrogen and oxygen atoms in total. The summed E-state index contributed by atoms with van der Waals surface area (Å²) in [5.41, 5.74) is 0. The molecule has 1 fully saturated rings. The van der Waals surface area contributed by atoms with Crippen molar-refractivity contribution in [1.82, 2.24) is 15.5 Å². The quantitative estimate of drug-likeness (QED) is 0.385. The van der Waals surface area contributed by atoms with Gasteiger partial charge < -0.3 is 15.5 Å². The molecule has 0 atom stereocenters. The number of likely N-dealkylation sites (N-methyl/N-ethyl adjacent to an activating group) is 1. The van der Waals surface area contributed by atoms with Crippen molar-refractivity contribution in [1.29, 1.82) is 0 Å². The van der Waals surface area contributed by atoms with Gasteiger partial charge >= 0.3 is 0 Å². The van der Waals surface area contributed by atoms with Gasteiger partial charge in [-0.2, -0.15) is 0 Å². The van der Waals surface area contributed by atoms with Crippen LogP contribution in [0.3, 0.4) is 0 Å². The third-order valence-electron chi connectivity index (χ3n) is 4.28. The van der Waals surface area contributed by atoms with Crippen LogP contribution in [0.25, 0.3) is 0 Å². The van der Waals surface area contributed by atoms with E-state index in [1.165, 1.54) is 25.7 Å². The van der Waals surface area contributed by atoms with Gasteiger partial charge in [0.2, 0.25) is 0 Å². The minimum atomic E-state index is 0. The summed E-state index contributed by atoms with van der Waals surface area (Å²) in [4.78, 5) is 7.13. The largest absolute Gasteiger partial charge is 0.357 e. The summed E-state index contributed by atoms with van der Waals surface area (Å²) in [7, 11) is 0. The molecular weight excluding hydrogens is 375 g/mol. The fourth-order valence-electron chi connectivity index (χ4n) is 2.76. The lowest BCUT2D eigenvalue weighted by molar-refractivity contribution is 0.312. The number of hydrogen-bond acceptors (Lipinski definition) is 2. The molecule has 0 aromatic rings. The molecule has 1 aliphatic carbocycles. The van der Waals surface area contributed by atoms with Crippen LogP contribution in [0.2, 0.25) is 0 Å². The van der Waals surface area contributed by atoms with Crippen LogP contribution in [-0.2, 0) is 0 Å². The normalized spacial score (nSPS) is 22.8. The maximum Gasteiger partial charge on any atom is 0.191 e. The third kappa shape index (κ3) is 8.86. The lowest BCUT2D eigenvalue weighted by Gasteiger charge is -2.28. The molecule has 1 rings (SSSR count). The molecule has 0 radical (unpaired) electrons. The van der Waals surface area contributed by atoms with Crippen LogP contribution in [-0.4, -0.2) is 49.6 Å². The summed E-state index contributed by atoms with van der Waals surface area (Å²) in [5, 5.41) is 6.98. The molecule has 0 heterocycles. The number of guanidine groups is 1. The van der Waals surface area contributed by atoms with Crippen molar-refractivity contribution in [2.45, 2.75) is 59.4 Å². The van der Waals surface area contributed by atoms with E-state index in [-0.39, 0.29) is 24.0 Å². The van der Waals surface area contributed by atoms with Crippen molar-refractivity contribution in [3.63, 3.8) is 0 Å². The minimum absolute atomic E-state index is 0. The molecular formula is C16H35IN4. The number of rotatable bonds is 7. The van der Waals surface area contributed by atoms with Gasteiger partial charge in [-0.15, -0.1) is 24.0 Å². The fourth-order valence-corrected chi connectivity index (χ4v) is 2.76. The highest BCUT2D eigenvalue weighted by Crippen LogP contribution is 2.23. The van der Waals surface area contributed by atoms with E-state index in [1.54, 1.807) is 0 Å². The molecule has 126 valence electrons. The zero-order valence-corrected chi connectivity index (χ0v) is 16.7. The minimum Gasteiger partial charge on any atom is -0.357 e. The average molecular weight is 410 g/mol. The highest BCUT2D eigenvalue weighted by Gasteiger charge is 2.18. The first kappa shape index (κ1) is 21.0. The summed E-state index contributed by atoms with van der Waals surface area (Å²) in [6.45, 7) is 14.0. The molecule has 0 aliphatic heterocycles. The Kier molecular flexibility index (Phi) is 12.5. The van der Waals surface area contributed by atoms with Crippen LogP contribution >= 0.6 is 24.0 Å². The summed E-state index contributed by atoms with van der Waals surface area (Å²) in [6.07, 6.45) is 5.25. The van der Waals surface area contributed by atoms with Gasteiger partial charge in [0, 0.05) is 19.1 Å². The predicted molar refractivity (Wildman–Crippen MR) is 104 cm³/mol. The Hall–Kier alpha value is -0.0400. The molecule has 1 aliphatic rings. The summed E-state index contributed by atoms with van der Waals surface area (Å²) in [5.74, 6) is 1.90. The van der Waals surface area contributed by atoms with E-state index in [1.807, 2.05) is 0 Å². The number of aliphatic imine (C=N–C) groups is 1. The van der Waals surface area contributed by atoms with Crippen molar-refractivity contribution in [3.8, 4) is 0 Å². The Morgan fingerprint density at radius 2 is 1.71 bits per heavy atom. The zero-order chi connectivity index (χ0) is 14.8. The Morgan fingerprint density at radius 1 is 1.10 bits per heavy atom. The van der Waals surface area contributed by atoms with Gasteiger partial charge in [0.05, 0.1) is 6.54 Å². The van der Waals surface area contributed by atoms with E-state index >= 15 is 0 Å². The number of nitrogens with zero attached hydrogens (tertiary/aromatic N) is 2. The summed E-state index contributed by atoms with van der Waals surface area (Å²) < 4.78 is 0. The number of halogens is 1. The molecule has 2 N–H and O–H groups in total. The molecule has 0 unspecified atom stereocenters. The monoisotopic (exact) mass is 410 g/mol. The van der Waals surface area contributed by atoms with Gasteiger partial charge in [-0.05, 0) is 51.6 Å². The van der Waals surface area contributed by atoms with Gasteiger partial charge in [0.1, 0.15) is 0 Å². The highest BCUT2D eigenvalue weighted by molar-refractivity contribution is 14.0. The molecule has 0 aromatic heterocycles. The second-order valence-corrected chi connectivity index (χ2v) is 5.89. The molecule has 0 aromatic carbocycles. The zero-order valence-electron chi connectivity index (χ0n) is 14.3. The number of nitrogens with one attached hydrogen (secondary N) is 2. The van der Waals surface area contributed by atoms with Crippen LogP contribution in [0.5, 0.6) is 0 Å². The van der Waals surface area contributed by atoms with Crippen molar-refractivity contribution < 1.29 is 0 Å². The van der Waals surface area contributed by atoms with E-state index in [4.69, 9.17) is 4.99 Å². The van der Waals surface area contributed by atoms with Gasteiger partial charge in [0.15, 0.2) is 5.96 Å². The lowest BCUT2D eigenvalue weighted by atomic mass is 9.87. The van der Waals surface area contributed by atoms with E-state index in [0.29, 0.717) is 6.04 Å². The second-order valence-electron chi connectivity index (χ2n) is 5.89. The SMILES string of the molecule is CCNC(=NCCN(CC)CC)NC1CCC(C)CC1.I. The highest BCUT2D eigenvalue weighted by atomic mass is 127. The number of hydrogen-bond donors (Lipinski definition) is 2. The standard InChI is InChI=1S/C16H34N4.HI/c1-5-17-16(18-12-13-20(6-2)7-3)19-15-10-8-14(4)9-11-15;/h14-15H,5-13H2,1-4H3,(H2,17,18,19);1H. The molecule has 0 bridgehead atoms. The first-order valence-electron chi connectivity index (χ1n) is 8.46. The lowest BCUT2D eigenvalue weighted by Crippen LogP contribution is -2.45. The van der Waals surface area contributed by atoms with Gasteiger partial charge in [-0.25, -0.2) is 0 Å². The van der Waals surface area contributed by atoms with Crippen LogP contribution in [0.1, 0.15) is 53.4 Å². The molecule has 0 amide bonds. The van der Waals surface area contributed by atoms with Gasteiger partial charge in [-0.3, -0.25) is 4.99 Å². The smallest absolute Gasteiger partial charge is 0.191 e. The van der Waals surface area contributed by atoms with Gasteiger partial charge in [-0.1, -0.05) is 20.8 Å². The Morgan fingerprint density at radius 3 is 2.24 bits per heavy atom. The van der Waals surface area contributed by atoms with Crippen LogP contribution < -0.4 is 10.6 Å². The Bertz CT molecular complexity index is 271. The topological polar surface area (TPSA) is 39.7 Å². The van der Waals surface area contributed by atoms with Crippen molar-refractivity contribution in [2.24, 2.45) is 10.9 Å².